The van der Waals surface area contributed by atoms with Gasteiger partial charge in [-0.25, -0.2) is 0 Å². The molecule has 1 aromatic rings. The molecule has 2 heteroatoms. The first-order valence-electron chi connectivity index (χ1n) is 7.05. The highest BCUT2D eigenvalue weighted by Gasteiger charge is 2.09. The Bertz CT molecular complexity index is 320. The Labute approximate surface area is 111 Å². The zero-order valence-corrected chi connectivity index (χ0v) is 11.9. The van der Waals surface area contributed by atoms with E-state index in [-0.39, 0.29) is 6.61 Å². The van der Waals surface area contributed by atoms with Gasteiger partial charge in [0, 0.05) is 12.6 Å². The molecule has 0 aliphatic rings. The van der Waals surface area contributed by atoms with E-state index < -0.39 is 0 Å². The molecule has 0 radical (unpaired) electrons. The molecular weight excluding hydrogens is 222 g/mol. The summed E-state index contributed by atoms with van der Waals surface area (Å²) in [6, 6.07) is 9.33. The molecule has 1 rings (SSSR count). The molecular formula is C16H27NO. The van der Waals surface area contributed by atoms with Crippen LogP contribution in [-0.2, 0) is 6.42 Å². The molecule has 0 aliphatic carbocycles. The van der Waals surface area contributed by atoms with Crippen LogP contribution in [0.4, 0.5) is 0 Å². The molecule has 0 bridgehead atoms. The van der Waals surface area contributed by atoms with Crippen LogP contribution in [-0.4, -0.2) is 24.3 Å². The fourth-order valence-corrected chi connectivity index (χ4v) is 2.06. The molecule has 0 fully saturated rings. The lowest BCUT2D eigenvalue weighted by molar-refractivity contribution is 0.257. The Kier molecular flexibility index (Phi) is 6.99. The molecule has 0 saturated heterocycles. The number of aliphatic hydroxyl groups excluding tert-OH is 1. The largest absolute Gasteiger partial charge is 0.396 e. The standard InChI is InChI=1S/C16H27NO/c1-4-16(17-12-14(3)9-10-18)11-15-7-5-13(2)6-8-15/h5-8,14,16-18H,4,9-12H2,1-3H3. The van der Waals surface area contributed by atoms with E-state index in [1.54, 1.807) is 0 Å². The summed E-state index contributed by atoms with van der Waals surface area (Å²) in [6.45, 7) is 7.81. The maximum Gasteiger partial charge on any atom is 0.0434 e. The van der Waals surface area contributed by atoms with Crippen molar-refractivity contribution >= 4 is 0 Å². The van der Waals surface area contributed by atoms with E-state index in [9.17, 15) is 0 Å². The first-order valence-corrected chi connectivity index (χ1v) is 7.05. The summed E-state index contributed by atoms with van der Waals surface area (Å²) in [5, 5.41) is 12.5. The molecule has 1 aromatic carbocycles. The van der Waals surface area contributed by atoms with E-state index in [1.165, 1.54) is 11.1 Å². The van der Waals surface area contributed by atoms with Crippen molar-refractivity contribution in [2.45, 2.75) is 46.1 Å². The highest BCUT2D eigenvalue weighted by atomic mass is 16.3. The second-order valence-corrected chi connectivity index (χ2v) is 5.32. The highest BCUT2D eigenvalue weighted by Crippen LogP contribution is 2.09. The summed E-state index contributed by atoms with van der Waals surface area (Å²) in [7, 11) is 0. The van der Waals surface area contributed by atoms with Crippen molar-refractivity contribution in [2.24, 2.45) is 5.92 Å². The van der Waals surface area contributed by atoms with Gasteiger partial charge >= 0.3 is 0 Å². The Morgan fingerprint density at radius 2 is 1.89 bits per heavy atom. The van der Waals surface area contributed by atoms with E-state index in [0.29, 0.717) is 12.0 Å². The van der Waals surface area contributed by atoms with Crippen LogP contribution < -0.4 is 5.32 Å². The SMILES string of the molecule is CCC(Cc1ccc(C)cc1)NCC(C)CCO. The zero-order chi connectivity index (χ0) is 13.4. The summed E-state index contributed by atoms with van der Waals surface area (Å²) in [6.07, 6.45) is 3.11. The number of benzene rings is 1. The summed E-state index contributed by atoms with van der Waals surface area (Å²) < 4.78 is 0. The lowest BCUT2D eigenvalue weighted by atomic mass is 10.0. The van der Waals surface area contributed by atoms with Gasteiger partial charge in [0.05, 0.1) is 0 Å². The van der Waals surface area contributed by atoms with Gasteiger partial charge in [0.1, 0.15) is 0 Å². The number of aryl methyl sites for hydroxylation is 1. The minimum atomic E-state index is 0.289. The smallest absolute Gasteiger partial charge is 0.0434 e. The molecule has 2 atom stereocenters. The summed E-state index contributed by atoms with van der Waals surface area (Å²) in [5.41, 5.74) is 2.71. The van der Waals surface area contributed by atoms with Crippen molar-refractivity contribution < 1.29 is 5.11 Å². The third kappa shape index (κ3) is 5.65. The molecule has 0 aliphatic heterocycles. The zero-order valence-electron chi connectivity index (χ0n) is 11.9. The van der Waals surface area contributed by atoms with Crippen LogP contribution in [0.1, 0.15) is 37.8 Å². The van der Waals surface area contributed by atoms with Gasteiger partial charge in [0.2, 0.25) is 0 Å². The predicted octanol–water partition coefficient (Wildman–Crippen LogP) is 2.92. The predicted molar refractivity (Wildman–Crippen MR) is 77.8 cm³/mol. The Morgan fingerprint density at radius 3 is 2.44 bits per heavy atom. The number of nitrogens with one attached hydrogen (secondary N) is 1. The van der Waals surface area contributed by atoms with Gasteiger partial charge in [-0.1, -0.05) is 43.7 Å². The van der Waals surface area contributed by atoms with Gasteiger partial charge in [-0.05, 0) is 44.2 Å². The Balaban J connectivity index is 2.39. The lowest BCUT2D eigenvalue weighted by Gasteiger charge is -2.20. The molecule has 0 spiro atoms. The Morgan fingerprint density at radius 1 is 1.22 bits per heavy atom. The topological polar surface area (TPSA) is 32.3 Å². The number of rotatable bonds is 8. The van der Waals surface area contributed by atoms with E-state index in [1.807, 2.05) is 0 Å². The van der Waals surface area contributed by atoms with Gasteiger partial charge in [-0.15, -0.1) is 0 Å². The number of aliphatic hydroxyl groups is 1. The highest BCUT2D eigenvalue weighted by molar-refractivity contribution is 5.22. The van der Waals surface area contributed by atoms with Gasteiger partial charge in [-0.2, -0.15) is 0 Å². The lowest BCUT2D eigenvalue weighted by Crippen LogP contribution is -2.34. The fraction of sp³-hybridized carbons (Fsp3) is 0.625. The van der Waals surface area contributed by atoms with E-state index in [4.69, 9.17) is 5.11 Å². The summed E-state index contributed by atoms with van der Waals surface area (Å²) in [5.74, 6) is 0.544. The van der Waals surface area contributed by atoms with E-state index >= 15 is 0 Å². The first-order chi connectivity index (χ1) is 8.65. The van der Waals surface area contributed by atoms with Crippen LogP contribution in [0.15, 0.2) is 24.3 Å². The number of hydrogen-bond acceptors (Lipinski definition) is 2. The average molecular weight is 249 g/mol. The maximum atomic E-state index is 8.89. The van der Waals surface area contributed by atoms with E-state index in [0.717, 1.165) is 25.8 Å². The van der Waals surface area contributed by atoms with Crippen LogP contribution >= 0.6 is 0 Å². The van der Waals surface area contributed by atoms with Crippen molar-refractivity contribution in [3.05, 3.63) is 35.4 Å². The molecule has 0 heterocycles. The fourth-order valence-electron chi connectivity index (χ4n) is 2.06. The maximum absolute atomic E-state index is 8.89. The van der Waals surface area contributed by atoms with E-state index in [2.05, 4.69) is 50.4 Å². The molecule has 2 unspecified atom stereocenters. The van der Waals surface area contributed by atoms with Gasteiger partial charge in [0.15, 0.2) is 0 Å². The molecule has 0 aromatic heterocycles. The molecule has 2 nitrogen and oxygen atoms in total. The second-order valence-electron chi connectivity index (χ2n) is 5.32. The van der Waals surface area contributed by atoms with Crippen LogP contribution in [0.2, 0.25) is 0 Å². The van der Waals surface area contributed by atoms with Crippen LogP contribution in [0.5, 0.6) is 0 Å². The monoisotopic (exact) mass is 249 g/mol. The van der Waals surface area contributed by atoms with Crippen LogP contribution in [0.3, 0.4) is 0 Å². The van der Waals surface area contributed by atoms with Crippen molar-refractivity contribution in [3.63, 3.8) is 0 Å². The first kappa shape index (κ1) is 15.2. The molecule has 2 N–H and O–H groups in total. The van der Waals surface area contributed by atoms with Crippen molar-refractivity contribution in [1.29, 1.82) is 0 Å². The normalized spacial score (nSPS) is 14.4. The van der Waals surface area contributed by atoms with Crippen molar-refractivity contribution in [3.8, 4) is 0 Å². The minimum Gasteiger partial charge on any atom is -0.396 e. The minimum absolute atomic E-state index is 0.289. The van der Waals surface area contributed by atoms with Gasteiger partial charge < -0.3 is 10.4 Å². The second kappa shape index (κ2) is 8.28. The van der Waals surface area contributed by atoms with Crippen molar-refractivity contribution in [1.82, 2.24) is 5.32 Å². The van der Waals surface area contributed by atoms with Gasteiger partial charge in [-0.3, -0.25) is 0 Å². The molecule has 102 valence electrons. The quantitative estimate of drug-likeness (QED) is 0.742. The summed E-state index contributed by atoms with van der Waals surface area (Å²) in [4.78, 5) is 0. The van der Waals surface area contributed by atoms with Crippen LogP contribution in [0, 0.1) is 12.8 Å². The van der Waals surface area contributed by atoms with Crippen molar-refractivity contribution in [2.75, 3.05) is 13.2 Å². The third-order valence-electron chi connectivity index (χ3n) is 3.47. The van der Waals surface area contributed by atoms with Crippen LogP contribution in [0.25, 0.3) is 0 Å². The Hall–Kier alpha value is -0.860. The van der Waals surface area contributed by atoms with Gasteiger partial charge in [0.25, 0.3) is 0 Å². The molecule has 18 heavy (non-hydrogen) atoms. The average Bonchev–Trinajstić information content (AvgIpc) is 2.37. The summed E-state index contributed by atoms with van der Waals surface area (Å²) >= 11 is 0. The molecule has 0 saturated carbocycles. The third-order valence-corrected chi connectivity index (χ3v) is 3.47. The molecule has 0 amide bonds. The number of hydrogen-bond donors (Lipinski definition) is 2.